The molecule has 0 unspecified atom stereocenters. The number of alkyl halides is 3. The molecule has 5 nitrogen and oxygen atoms in total. The lowest BCUT2D eigenvalue weighted by molar-refractivity contribution is -0.137. The van der Waals surface area contributed by atoms with Gasteiger partial charge in [0.1, 0.15) is 0 Å². The minimum atomic E-state index is -4.49. The zero-order valence-electron chi connectivity index (χ0n) is 13.8. The van der Waals surface area contributed by atoms with Crippen molar-refractivity contribution in [3.63, 3.8) is 0 Å². The van der Waals surface area contributed by atoms with Gasteiger partial charge in [0.2, 0.25) is 0 Å². The van der Waals surface area contributed by atoms with Crippen LogP contribution in [0, 0.1) is 6.92 Å². The van der Waals surface area contributed by atoms with Crippen molar-refractivity contribution in [1.82, 2.24) is 24.8 Å². The van der Waals surface area contributed by atoms with E-state index in [1.807, 2.05) is 6.92 Å². The van der Waals surface area contributed by atoms with Gasteiger partial charge in [-0.05, 0) is 49.6 Å². The molecule has 132 valence electrons. The maximum absolute atomic E-state index is 13.7. The van der Waals surface area contributed by atoms with E-state index in [0.29, 0.717) is 17.0 Å². The Morgan fingerprint density at radius 1 is 1.19 bits per heavy atom. The van der Waals surface area contributed by atoms with E-state index in [-0.39, 0.29) is 11.6 Å². The topological polar surface area (TPSA) is 58.9 Å². The summed E-state index contributed by atoms with van der Waals surface area (Å²) in [7, 11) is 0. The van der Waals surface area contributed by atoms with Gasteiger partial charge in [0.05, 0.1) is 23.0 Å². The number of nitrogens with zero attached hydrogens (tertiary/aromatic N) is 4. The number of H-pyrrole nitrogens is 1. The molecule has 3 heterocycles. The molecule has 0 saturated heterocycles. The number of hydrogen-bond acceptors (Lipinski definition) is 3. The average Bonchev–Trinajstić information content (AvgIpc) is 3.15. The van der Waals surface area contributed by atoms with Crippen LogP contribution in [0.2, 0.25) is 0 Å². The minimum absolute atomic E-state index is 0.0144. The fourth-order valence-electron chi connectivity index (χ4n) is 3.36. The first-order chi connectivity index (χ1) is 12.4. The van der Waals surface area contributed by atoms with Crippen LogP contribution >= 0.6 is 0 Å². The van der Waals surface area contributed by atoms with Gasteiger partial charge in [0.15, 0.2) is 11.5 Å². The van der Waals surface area contributed by atoms with Gasteiger partial charge >= 0.3 is 6.18 Å². The molecule has 3 aromatic heterocycles. The van der Waals surface area contributed by atoms with Crippen molar-refractivity contribution in [3.05, 3.63) is 47.4 Å². The number of hydrogen-bond donors (Lipinski definition) is 1. The van der Waals surface area contributed by atoms with Crippen molar-refractivity contribution in [2.24, 2.45) is 0 Å². The molecule has 5 rings (SSSR count). The van der Waals surface area contributed by atoms with Gasteiger partial charge in [-0.25, -0.2) is 9.50 Å². The number of aromatic amines is 1. The Labute approximate surface area is 145 Å². The molecule has 0 spiro atoms. The molecule has 0 atom stereocenters. The van der Waals surface area contributed by atoms with E-state index in [9.17, 15) is 13.2 Å². The van der Waals surface area contributed by atoms with Crippen LogP contribution in [0.15, 0.2) is 30.5 Å². The molecule has 1 N–H and O–H groups in total. The van der Waals surface area contributed by atoms with E-state index < -0.39 is 11.7 Å². The number of aryl methyl sites for hydroxylation is 1. The molecule has 0 bridgehead atoms. The van der Waals surface area contributed by atoms with Gasteiger partial charge in [-0.1, -0.05) is 0 Å². The third kappa shape index (κ3) is 2.28. The second kappa shape index (κ2) is 5.06. The second-order valence-electron chi connectivity index (χ2n) is 6.74. The van der Waals surface area contributed by atoms with Gasteiger partial charge in [-0.15, -0.1) is 0 Å². The molecule has 1 saturated carbocycles. The van der Waals surface area contributed by atoms with Gasteiger partial charge in [0, 0.05) is 16.9 Å². The van der Waals surface area contributed by atoms with Crippen LogP contribution in [-0.4, -0.2) is 24.8 Å². The maximum atomic E-state index is 13.7. The molecule has 1 aromatic carbocycles. The Kier molecular flexibility index (Phi) is 2.99. The molecular weight excluding hydrogens is 343 g/mol. The molecule has 0 radical (unpaired) electrons. The molecule has 8 heteroatoms. The summed E-state index contributed by atoms with van der Waals surface area (Å²) in [5.74, 6) is 0.877. The first-order valence-electron chi connectivity index (χ1n) is 8.33. The highest BCUT2D eigenvalue weighted by molar-refractivity contribution is 5.87. The van der Waals surface area contributed by atoms with Gasteiger partial charge in [-0.3, -0.25) is 5.10 Å². The van der Waals surface area contributed by atoms with Gasteiger partial charge in [0.25, 0.3) is 0 Å². The lowest BCUT2D eigenvalue weighted by Gasteiger charge is -2.15. The maximum Gasteiger partial charge on any atom is 0.418 e. The third-order valence-corrected chi connectivity index (χ3v) is 4.78. The smallest absolute Gasteiger partial charge is 0.278 e. The van der Waals surface area contributed by atoms with Gasteiger partial charge < -0.3 is 0 Å². The highest BCUT2D eigenvalue weighted by Gasteiger charge is 2.36. The summed E-state index contributed by atoms with van der Waals surface area (Å²) < 4.78 is 42.5. The van der Waals surface area contributed by atoms with Crippen molar-refractivity contribution in [2.45, 2.75) is 31.9 Å². The lowest BCUT2D eigenvalue weighted by Crippen LogP contribution is -2.11. The molecule has 0 aliphatic heterocycles. The van der Waals surface area contributed by atoms with Crippen LogP contribution in [0.1, 0.15) is 35.7 Å². The van der Waals surface area contributed by atoms with E-state index in [4.69, 9.17) is 0 Å². The summed E-state index contributed by atoms with van der Waals surface area (Å²) in [5, 5.41) is 12.0. The molecule has 26 heavy (non-hydrogen) atoms. The minimum Gasteiger partial charge on any atom is -0.278 e. The fraction of sp³-hybridized carbons (Fsp3) is 0.278. The van der Waals surface area contributed by atoms with Crippen LogP contribution in [0.4, 0.5) is 13.2 Å². The molecular formula is C18H14F3N5. The summed E-state index contributed by atoms with van der Waals surface area (Å²) in [4.78, 5) is 4.42. The average molecular weight is 357 g/mol. The normalized spacial score (nSPS) is 15.2. The van der Waals surface area contributed by atoms with E-state index in [2.05, 4.69) is 20.3 Å². The van der Waals surface area contributed by atoms with Crippen molar-refractivity contribution >= 4 is 16.6 Å². The van der Waals surface area contributed by atoms with E-state index in [0.717, 1.165) is 35.4 Å². The highest BCUT2D eigenvalue weighted by atomic mass is 19.4. The molecule has 1 fully saturated rings. The van der Waals surface area contributed by atoms with Crippen molar-refractivity contribution in [3.8, 4) is 11.3 Å². The quantitative estimate of drug-likeness (QED) is 0.575. The molecule has 1 aliphatic carbocycles. The van der Waals surface area contributed by atoms with Crippen molar-refractivity contribution in [1.29, 1.82) is 0 Å². The van der Waals surface area contributed by atoms with Crippen LogP contribution in [0.3, 0.4) is 0 Å². The Hall–Kier alpha value is -2.90. The van der Waals surface area contributed by atoms with Crippen LogP contribution in [0.25, 0.3) is 27.8 Å². The molecule has 1 aliphatic rings. The van der Waals surface area contributed by atoms with Gasteiger partial charge in [-0.2, -0.15) is 23.4 Å². The number of halogens is 3. The summed E-state index contributed by atoms with van der Waals surface area (Å²) in [5.41, 5.74) is 1.80. The zero-order valence-corrected chi connectivity index (χ0v) is 13.8. The number of rotatable bonds is 2. The number of fused-ring (bicyclic) bond motifs is 2. The number of nitrogens with one attached hydrogen (secondary N) is 1. The standard InChI is InChI=1S/C18H14F3N5/c1-9-6-11(7-12-8-22-24-15(9)12)16-13(18(19,20)21)4-5-14-23-17(10-2-3-10)25-26(14)16/h4-8,10H,2-3H2,1H3,(H,22,24). The first kappa shape index (κ1) is 15.4. The SMILES string of the molecule is Cc1cc(-c2c(C(F)(F)F)ccc3nc(C4CC4)nn23)cc2cn[nH]c12. The van der Waals surface area contributed by atoms with E-state index >= 15 is 0 Å². The Bertz CT molecular complexity index is 1150. The lowest BCUT2D eigenvalue weighted by atomic mass is 10.0. The predicted octanol–water partition coefficient (Wildman–Crippen LogP) is 4.48. The van der Waals surface area contributed by atoms with E-state index in [1.54, 1.807) is 18.3 Å². The Morgan fingerprint density at radius 3 is 2.73 bits per heavy atom. The van der Waals surface area contributed by atoms with Crippen molar-refractivity contribution in [2.75, 3.05) is 0 Å². The molecule has 4 aromatic rings. The zero-order chi connectivity index (χ0) is 18.1. The van der Waals surface area contributed by atoms with Crippen LogP contribution < -0.4 is 0 Å². The largest absolute Gasteiger partial charge is 0.418 e. The predicted molar refractivity (Wildman–Crippen MR) is 89.8 cm³/mol. The second-order valence-corrected chi connectivity index (χ2v) is 6.74. The monoisotopic (exact) mass is 357 g/mol. The molecule has 0 amide bonds. The number of aromatic nitrogens is 5. The summed E-state index contributed by atoms with van der Waals surface area (Å²) in [6, 6.07) is 5.90. The highest BCUT2D eigenvalue weighted by Crippen LogP contribution is 2.41. The Balaban J connectivity index is 1.85. The first-order valence-corrected chi connectivity index (χ1v) is 8.33. The number of benzene rings is 1. The number of pyridine rings is 1. The van der Waals surface area contributed by atoms with Crippen LogP contribution in [-0.2, 0) is 6.18 Å². The Morgan fingerprint density at radius 2 is 2.00 bits per heavy atom. The van der Waals surface area contributed by atoms with Crippen molar-refractivity contribution < 1.29 is 13.2 Å². The summed E-state index contributed by atoms with van der Waals surface area (Å²) >= 11 is 0. The third-order valence-electron chi connectivity index (χ3n) is 4.78. The van der Waals surface area contributed by atoms with Crippen LogP contribution in [0.5, 0.6) is 0 Å². The van der Waals surface area contributed by atoms with E-state index in [1.165, 1.54) is 10.6 Å². The summed E-state index contributed by atoms with van der Waals surface area (Å²) in [6.45, 7) is 1.84. The fourth-order valence-corrected chi connectivity index (χ4v) is 3.36. The summed E-state index contributed by atoms with van der Waals surface area (Å²) in [6.07, 6.45) is -0.915.